The van der Waals surface area contributed by atoms with E-state index >= 15 is 0 Å². The summed E-state index contributed by atoms with van der Waals surface area (Å²) in [4.78, 5) is 25.1. The average Bonchev–Trinajstić information content (AvgIpc) is 2.85. The third-order valence-corrected chi connectivity index (χ3v) is 3.33. The van der Waals surface area contributed by atoms with Crippen LogP contribution in [0.5, 0.6) is 0 Å². The zero-order valence-corrected chi connectivity index (χ0v) is 12.6. The summed E-state index contributed by atoms with van der Waals surface area (Å²) in [5.74, 6) is 0. The molecule has 0 atom stereocenters. The van der Waals surface area contributed by atoms with Gasteiger partial charge in [-0.3, -0.25) is 14.3 Å². The van der Waals surface area contributed by atoms with Crippen LogP contribution in [0.25, 0.3) is 0 Å². The predicted octanol–water partition coefficient (Wildman–Crippen LogP) is -0.127. The van der Waals surface area contributed by atoms with Gasteiger partial charge >= 0.3 is 0 Å². The van der Waals surface area contributed by atoms with E-state index in [0.29, 0.717) is 31.0 Å². The lowest BCUT2D eigenvalue weighted by Gasteiger charge is -2.16. The van der Waals surface area contributed by atoms with E-state index in [4.69, 9.17) is 0 Å². The molecule has 0 bridgehead atoms. The standard InChI is InChI=1S/C14H21N5O2/c1-10-4-5-17-19(10)9-7-16-12-11(13(20)14(12)21)15-6-8-18(2)3/h4-5,15-16H,6-9H2,1-3H3. The van der Waals surface area contributed by atoms with Crippen molar-refractivity contribution in [3.05, 3.63) is 38.4 Å². The number of hydrogen-bond donors (Lipinski definition) is 2. The Morgan fingerprint density at radius 2 is 1.76 bits per heavy atom. The Kier molecular flexibility index (Phi) is 4.74. The minimum absolute atomic E-state index is 0.392. The lowest BCUT2D eigenvalue weighted by Crippen LogP contribution is -2.39. The summed E-state index contributed by atoms with van der Waals surface area (Å²) < 4.78 is 1.84. The van der Waals surface area contributed by atoms with Crippen molar-refractivity contribution in [2.45, 2.75) is 13.5 Å². The quantitative estimate of drug-likeness (QED) is 0.660. The molecule has 7 nitrogen and oxygen atoms in total. The molecule has 0 saturated heterocycles. The fourth-order valence-electron chi connectivity index (χ4n) is 2.05. The highest BCUT2D eigenvalue weighted by Crippen LogP contribution is 2.13. The topological polar surface area (TPSA) is 79.3 Å². The molecule has 0 saturated carbocycles. The molecule has 0 radical (unpaired) electrons. The van der Waals surface area contributed by atoms with Gasteiger partial charge in [0.15, 0.2) is 0 Å². The van der Waals surface area contributed by atoms with Crippen LogP contribution >= 0.6 is 0 Å². The van der Waals surface area contributed by atoms with E-state index < -0.39 is 10.9 Å². The molecular formula is C14H21N5O2. The van der Waals surface area contributed by atoms with Gasteiger partial charge in [-0.05, 0) is 27.1 Å². The summed E-state index contributed by atoms with van der Waals surface area (Å²) in [6.45, 7) is 4.60. The zero-order chi connectivity index (χ0) is 15.4. The highest BCUT2D eigenvalue weighted by molar-refractivity contribution is 5.73. The van der Waals surface area contributed by atoms with Crippen molar-refractivity contribution in [1.82, 2.24) is 14.7 Å². The number of anilines is 2. The second-order valence-electron chi connectivity index (χ2n) is 5.26. The second-order valence-corrected chi connectivity index (χ2v) is 5.26. The smallest absolute Gasteiger partial charge is 0.253 e. The van der Waals surface area contributed by atoms with E-state index in [2.05, 4.69) is 15.7 Å². The summed E-state index contributed by atoms with van der Waals surface area (Å²) in [6, 6.07) is 1.92. The summed E-state index contributed by atoms with van der Waals surface area (Å²) in [7, 11) is 3.91. The first-order valence-corrected chi connectivity index (χ1v) is 6.95. The number of aryl methyl sites for hydroxylation is 1. The van der Waals surface area contributed by atoms with Crippen LogP contribution in [0.1, 0.15) is 5.69 Å². The van der Waals surface area contributed by atoms with Crippen LogP contribution in [0.4, 0.5) is 11.4 Å². The molecule has 114 valence electrons. The number of aromatic nitrogens is 2. The summed E-state index contributed by atoms with van der Waals surface area (Å²) in [5.41, 5.74) is 0.972. The van der Waals surface area contributed by atoms with E-state index in [1.54, 1.807) is 6.20 Å². The van der Waals surface area contributed by atoms with Crippen LogP contribution in [-0.2, 0) is 6.54 Å². The molecule has 1 heterocycles. The number of nitrogens with zero attached hydrogens (tertiary/aromatic N) is 3. The van der Waals surface area contributed by atoms with E-state index in [-0.39, 0.29) is 0 Å². The molecule has 0 fully saturated rings. The van der Waals surface area contributed by atoms with Crippen molar-refractivity contribution in [3.8, 4) is 0 Å². The van der Waals surface area contributed by atoms with Crippen molar-refractivity contribution in [1.29, 1.82) is 0 Å². The molecule has 1 aromatic carbocycles. The SMILES string of the molecule is Cc1ccnn1CCNc1c(NCCN(C)C)c(=O)c1=O. The Hall–Kier alpha value is -2.15. The molecular weight excluding hydrogens is 270 g/mol. The normalized spacial score (nSPS) is 11.2. The highest BCUT2D eigenvalue weighted by Gasteiger charge is 2.19. The number of likely N-dealkylation sites (N-methyl/N-ethyl adjacent to an activating group) is 1. The Balaban J connectivity index is 1.88. The van der Waals surface area contributed by atoms with Crippen LogP contribution in [0.15, 0.2) is 21.9 Å². The van der Waals surface area contributed by atoms with E-state index in [1.165, 1.54) is 0 Å². The van der Waals surface area contributed by atoms with Gasteiger partial charge < -0.3 is 15.5 Å². The third-order valence-electron chi connectivity index (χ3n) is 3.33. The molecule has 21 heavy (non-hydrogen) atoms. The summed E-state index contributed by atoms with van der Waals surface area (Å²) in [5, 5.41) is 10.2. The fourth-order valence-corrected chi connectivity index (χ4v) is 2.05. The Morgan fingerprint density at radius 3 is 2.29 bits per heavy atom. The van der Waals surface area contributed by atoms with Crippen LogP contribution in [-0.4, -0.2) is 48.4 Å². The Morgan fingerprint density at radius 1 is 1.14 bits per heavy atom. The highest BCUT2D eigenvalue weighted by atomic mass is 16.2. The van der Waals surface area contributed by atoms with E-state index in [0.717, 1.165) is 12.2 Å². The van der Waals surface area contributed by atoms with Gasteiger partial charge in [-0.2, -0.15) is 5.10 Å². The molecule has 7 heteroatoms. The van der Waals surface area contributed by atoms with Crippen LogP contribution < -0.4 is 21.5 Å². The van der Waals surface area contributed by atoms with Crippen LogP contribution in [0.3, 0.4) is 0 Å². The van der Waals surface area contributed by atoms with Gasteiger partial charge in [0.2, 0.25) is 0 Å². The van der Waals surface area contributed by atoms with Crippen molar-refractivity contribution in [2.24, 2.45) is 0 Å². The third kappa shape index (κ3) is 3.49. The maximum atomic E-state index is 11.6. The van der Waals surface area contributed by atoms with Gasteiger partial charge in [0.1, 0.15) is 11.4 Å². The summed E-state index contributed by atoms with van der Waals surface area (Å²) in [6.07, 6.45) is 1.74. The summed E-state index contributed by atoms with van der Waals surface area (Å²) >= 11 is 0. The Bertz CT molecular complexity index is 667. The minimum Gasteiger partial charge on any atom is -0.379 e. The molecule has 0 spiro atoms. The average molecular weight is 291 g/mol. The van der Waals surface area contributed by atoms with E-state index in [9.17, 15) is 9.59 Å². The van der Waals surface area contributed by atoms with Crippen LogP contribution in [0, 0.1) is 6.92 Å². The first-order chi connectivity index (χ1) is 10.0. The first kappa shape index (κ1) is 15.2. The molecule has 0 aliphatic carbocycles. The molecule has 2 aromatic rings. The molecule has 2 rings (SSSR count). The van der Waals surface area contributed by atoms with Crippen molar-refractivity contribution < 1.29 is 0 Å². The second kappa shape index (κ2) is 6.53. The molecule has 0 amide bonds. The van der Waals surface area contributed by atoms with Crippen molar-refractivity contribution in [2.75, 3.05) is 44.4 Å². The number of rotatable bonds is 8. The largest absolute Gasteiger partial charge is 0.379 e. The molecule has 0 aliphatic heterocycles. The monoisotopic (exact) mass is 291 g/mol. The van der Waals surface area contributed by atoms with Gasteiger partial charge in [0.25, 0.3) is 10.9 Å². The maximum absolute atomic E-state index is 11.6. The first-order valence-electron chi connectivity index (χ1n) is 6.95. The maximum Gasteiger partial charge on any atom is 0.253 e. The zero-order valence-electron chi connectivity index (χ0n) is 12.6. The van der Waals surface area contributed by atoms with E-state index in [1.807, 2.05) is 36.7 Å². The lowest BCUT2D eigenvalue weighted by atomic mass is 10.2. The lowest BCUT2D eigenvalue weighted by molar-refractivity contribution is 0.425. The molecule has 0 aliphatic rings. The fraction of sp³-hybridized carbons (Fsp3) is 0.500. The van der Waals surface area contributed by atoms with Crippen molar-refractivity contribution >= 4 is 11.4 Å². The molecule has 1 aromatic heterocycles. The minimum atomic E-state index is -0.445. The Labute approximate surface area is 123 Å². The van der Waals surface area contributed by atoms with Gasteiger partial charge in [0.05, 0.1) is 6.54 Å². The predicted molar refractivity (Wildman–Crippen MR) is 83.9 cm³/mol. The van der Waals surface area contributed by atoms with Gasteiger partial charge in [-0.25, -0.2) is 0 Å². The van der Waals surface area contributed by atoms with Gasteiger partial charge in [-0.1, -0.05) is 0 Å². The van der Waals surface area contributed by atoms with Gasteiger partial charge in [-0.15, -0.1) is 0 Å². The number of hydrogen-bond acceptors (Lipinski definition) is 6. The molecule has 2 N–H and O–H groups in total. The molecule has 0 unspecified atom stereocenters. The number of nitrogens with one attached hydrogen (secondary N) is 2. The van der Waals surface area contributed by atoms with Crippen LogP contribution in [0.2, 0.25) is 0 Å². The van der Waals surface area contributed by atoms with Crippen molar-refractivity contribution in [3.63, 3.8) is 0 Å². The van der Waals surface area contributed by atoms with Gasteiger partial charge in [0, 0.05) is 31.5 Å².